The van der Waals surface area contributed by atoms with Gasteiger partial charge in [-0.1, -0.05) is 32.6 Å². The monoisotopic (exact) mass is 252 g/mol. The summed E-state index contributed by atoms with van der Waals surface area (Å²) < 4.78 is 0. The second-order valence-corrected chi connectivity index (χ2v) is 6.23. The molecule has 104 valence electrons. The van der Waals surface area contributed by atoms with Crippen LogP contribution in [0, 0.1) is 5.92 Å². The maximum Gasteiger partial charge on any atom is 0.222 e. The number of carbonyl (C=O) groups is 1. The summed E-state index contributed by atoms with van der Waals surface area (Å²) >= 11 is 0. The van der Waals surface area contributed by atoms with Crippen molar-refractivity contribution in [2.24, 2.45) is 5.92 Å². The summed E-state index contributed by atoms with van der Waals surface area (Å²) in [7, 11) is 2.01. The van der Waals surface area contributed by atoms with Gasteiger partial charge < -0.3 is 10.6 Å². The van der Waals surface area contributed by atoms with E-state index in [4.69, 9.17) is 0 Å². The lowest BCUT2D eigenvalue weighted by atomic mass is 9.79. The Balaban J connectivity index is 1.76. The fraction of sp³-hybridized carbons (Fsp3) is 0.933. The molecular formula is C15H28N2O. The predicted molar refractivity (Wildman–Crippen MR) is 74.4 cm³/mol. The van der Waals surface area contributed by atoms with E-state index in [1.54, 1.807) is 0 Å². The smallest absolute Gasteiger partial charge is 0.222 e. The Labute approximate surface area is 111 Å². The van der Waals surface area contributed by atoms with E-state index in [1.165, 1.54) is 38.5 Å². The highest BCUT2D eigenvalue weighted by molar-refractivity contribution is 5.78. The first-order valence-corrected chi connectivity index (χ1v) is 7.67. The molecule has 1 amide bonds. The van der Waals surface area contributed by atoms with E-state index in [2.05, 4.69) is 17.6 Å². The highest BCUT2D eigenvalue weighted by Crippen LogP contribution is 2.35. The minimum Gasteiger partial charge on any atom is -0.353 e. The van der Waals surface area contributed by atoms with E-state index in [9.17, 15) is 4.79 Å². The van der Waals surface area contributed by atoms with E-state index >= 15 is 0 Å². The van der Waals surface area contributed by atoms with Crippen LogP contribution in [0.1, 0.15) is 64.7 Å². The van der Waals surface area contributed by atoms with Crippen LogP contribution < -0.4 is 10.6 Å². The van der Waals surface area contributed by atoms with Crippen molar-refractivity contribution in [3.63, 3.8) is 0 Å². The standard InChI is InChI=1S/C15H28N2O/c1-3-7-12-10-13(12)17-14(18)11-15(16-2)8-5-4-6-9-15/h12-13,16H,3-11H2,1-2H3,(H,17,18). The quantitative estimate of drug-likeness (QED) is 0.763. The molecule has 18 heavy (non-hydrogen) atoms. The molecule has 0 heterocycles. The van der Waals surface area contributed by atoms with Gasteiger partial charge in [0.2, 0.25) is 5.91 Å². The highest BCUT2D eigenvalue weighted by Gasteiger charge is 2.39. The molecule has 2 aliphatic rings. The normalized spacial score (nSPS) is 29.9. The van der Waals surface area contributed by atoms with Crippen molar-refractivity contribution in [2.45, 2.75) is 76.3 Å². The lowest BCUT2D eigenvalue weighted by Gasteiger charge is -2.36. The molecular weight excluding hydrogens is 224 g/mol. The molecule has 0 aromatic carbocycles. The Morgan fingerprint density at radius 2 is 2.00 bits per heavy atom. The van der Waals surface area contributed by atoms with E-state index in [0.29, 0.717) is 12.5 Å². The third-order valence-corrected chi connectivity index (χ3v) is 4.77. The largest absolute Gasteiger partial charge is 0.353 e. The molecule has 3 heteroatoms. The molecule has 2 atom stereocenters. The van der Waals surface area contributed by atoms with Crippen LogP contribution in [0.4, 0.5) is 0 Å². The number of rotatable bonds is 6. The van der Waals surface area contributed by atoms with Crippen molar-refractivity contribution in [1.82, 2.24) is 10.6 Å². The summed E-state index contributed by atoms with van der Waals surface area (Å²) in [4.78, 5) is 12.1. The van der Waals surface area contributed by atoms with Crippen molar-refractivity contribution in [1.29, 1.82) is 0 Å². The van der Waals surface area contributed by atoms with Crippen molar-refractivity contribution in [3.8, 4) is 0 Å². The van der Waals surface area contributed by atoms with Crippen LogP contribution in [-0.2, 0) is 4.79 Å². The second kappa shape index (κ2) is 6.05. The van der Waals surface area contributed by atoms with Gasteiger partial charge in [0.15, 0.2) is 0 Å². The van der Waals surface area contributed by atoms with Crippen LogP contribution >= 0.6 is 0 Å². The SMILES string of the molecule is CCCC1CC1NC(=O)CC1(NC)CCCCC1. The van der Waals surface area contributed by atoms with Gasteiger partial charge in [-0.05, 0) is 38.6 Å². The number of carbonyl (C=O) groups excluding carboxylic acids is 1. The zero-order valence-electron chi connectivity index (χ0n) is 11.9. The number of hydrogen-bond acceptors (Lipinski definition) is 2. The molecule has 0 bridgehead atoms. The molecule has 3 nitrogen and oxygen atoms in total. The topological polar surface area (TPSA) is 41.1 Å². The summed E-state index contributed by atoms with van der Waals surface area (Å²) in [6, 6.07) is 0.481. The number of amides is 1. The molecule has 2 unspecified atom stereocenters. The lowest BCUT2D eigenvalue weighted by Crippen LogP contribution is -2.48. The van der Waals surface area contributed by atoms with Crippen LogP contribution in [0.15, 0.2) is 0 Å². The first-order valence-electron chi connectivity index (χ1n) is 7.67. The van der Waals surface area contributed by atoms with Crippen LogP contribution in [0.2, 0.25) is 0 Å². The van der Waals surface area contributed by atoms with Gasteiger partial charge >= 0.3 is 0 Å². The first kappa shape index (κ1) is 13.9. The van der Waals surface area contributed by atoms with Crippen LogP contribution in [0.25, 0.3) is 0 Å². The van der Waals surface area contributed by atoms with Crippen molar-refractivity contribution in [3.05, 3.63) is 0 Å². The Morgan fingerprint density at radius 1 is 1.28 bits per heavy atom. The lowest BCUT2D eigenvalue weighted by molar-refractivity contribution is -0.123. The first-order chi connectivity index (χ1) is 8.69. The van der Waals surface area contributed by atoms with Gasteiger partial charge in [-0.2, -0.15) is 0 Å². The van der Waals surface area contributed by atoms with E-state index in [0.717, 1.165) is 18.8 Å². The molecule has 2 saturated carbocycles. The molecule has 0 radical (unpaired) electrons. The van der Waals surface area contributed by atoms with Crippen molar-refractivity contribution in [2.75, 3.05) is 7.05 Å². The van der Waals surface area contributed by atoms with Gasteiger partial charge in [-0.3, -0.25) is 4.79 Å². The number of nitrogens with one attached hydrogen (secondary N) is 2. The van der Waals surface area contributed by atoms with E-state index in [-0.39, 0.29) is 11.4 Å². The number of hydrogen-bond donors (Lipinski definition) is 2. The van der Waals surface area contributed by atoms with Gasteiger partial charge in [0.1, 0.15) is 0 Å². The van der Waals surface area contributed by atoms with Crippen LogP contribution in [0.5, 0.6) is 0 Å². The fourth-order valence-corrected chi connectivity index (χ4v) is 3.42. The van der Waals surface area contributed by atoms with E-state index < -0.39 is 0 Å². The Kier molecular flexibility index (Phi) is 4.66. The molecule has 0 aliphatic heterocycles. The molecule has 2 aliphatic carbocycles. The van der Waals surface area contributed by atoms with Gasteiger partial charge in [-0.25, -0.2) is 0 Å². The minimum absolute atomic E-state index is 0.0808. The predicted octanol–water partition coefficient (Wildman–Crippen LogP) is 2.60. The molecule has 0 saturated heterocycles. The minimum atomic E-state index is 0.0808. The Bertz CT molecular complexity index is 284. The van der Waals surface area contributed by atoms with E-state index in [1.807, 2.05) is 7.05 Å². The van der Waals surface area contributed by atoms with Gasteiger partial charge in [0, 0.05) is 18.0 Å². The third-order valence-electron chi connectivity index (χ3n) is 4.77. The van der Waals surface area contributed by atoms with Crippen molar-refractivity contribution >= 4 is 5.91 Å². The Morgan fingerprint density at radius 3 is 2.61 bits per heavy atom. The van der Waals surface area contributed by atoms with Gasteiger partial charge in [0.25, 0.3) is 0 Å². The zero-order chi connectivity index (χ0) is 13.0. The maximum absolute atomic E-state index is 12.1. The molecule has 0 aromatic heterocycles. The zero-order valence-corrected chi connectivity index (χ0v) is 11.9. The average molecular weight is 252 g/mol. The maximum atomic E-state index is 12.1. The summed E-state index contributed by atoms with van der Waals surface area (Å²) in [5, 5.41) is 6.63. The summed E-state index contributed by atoms with van der Waals surface area (Å²) in [6.45, 7) is 2.22. The summed E-state index contributed by atoms with van der Waals surface area (Å²) in [5.74, 6) is 1.02. The van der Waals surface area contributed by atoms with Crippen LogP contribution in [-0.4, -0.2) is 24.5 Å². The Hall–Kier alpha value is -0.570. The second-order valence-electron chi connectivity index (χ2n) is 6.23. The van der Waals surface area contributed by atoms with Gasteiger partial charge in [0.05, 0.1) is 0 Å². The fourth-order valence-electron chi connectivity index (χ4n) is 3.42. The van der Waals surface area contributed by atoms with Gasteiger partial charge in [-0.15, -0.1) is 0 Å². The molecule has 2 rings (SSSR count). The summed E-state index contributed by atoms with van der Waals surface area (Å²) in [5.41, 5.74) is 0.0808. The third kappa shape index (κ3) is 3.47. The molecule has 2 N–H and O–H groups in total. The summed E-state index contributed by atoms with van der Waals surface area (Å²) in [6.07, 6.45) is 10.5. The molecule has 0 aromatic rings. The van der Waals surface area contributed by atoms with Crippen molar-refractivity contribution < 1.29 is 4.79 Å². The molecule has 2 fully saturated rings. The average Bonchev–Trinajstić information content (AvgIpc) is 3.08. The molecule has 0 spiro atoms. The van der Waals surface area contributed by atoms with Crippen LogP contribution in [0.3, 0.4) is 0 Å². The highest BCUT2D eigenvalue weighted by atomic mass is 16.1.